The maximum Gasteiger partial charge on any atom is 0.291 e. The molecule has 3 aromatic heterocycles. The summed E-state index contributed by atoms with van der Waals surface area (Å²) in [6.45, 7) is 10.3. The normalized spacial score (nSPS) is 21.1. The Morgan fingerprint density at radius 2 is 1.86 bits per heavy atom. The van der Waals surface area contributed by atoms with Crippen LogP contribution in [0.25, 0.3) is 0 Å². The van der Waals surface area contributed by atoms with E-state index in [-0.39, 0.29) is 23.4 Å². The molecule has 1 fully saturated rings. The fraction of sp³-hybridized carbons (Fsp3) is 0.458. The van der Waals surface area contributed by atoms with Crippen molar-refractivity contribution < 1.29 is 4.79 Å². The third-order valence-corrected chi connectivity index (χ3v) is 6.87. The van der Waals surface area contributed by atoms with E-state index in [0.717, 1.165) is 17.2 Å². The van der Waals surface area contributed by atoms with Crippen molar-refractivity contribution in [2.24, 2.45) is 7.05 Å². The van der Waals surface area contributed by atoms with Gasteiger partial charge >= 0.3 is 0 Å². The second kappa shape index (κ2) is 8.30. The van der Waals surface area contributed by atoms with Crippen LogP contribution in [0.2, 0.25) is 0 Å². The molecular weight excluding hydrogens is 444 g/mol. The molecule has 11 nitrogen and oxygen atoms in total. The van der Waals surface area contributed by atoms with Gasteiger partial charge in [-0.25, -0.2) is 24.6 Å². The van der Waals surface area contributed by atoms with Gasteiger partial charge in [0.05, 0.1) is 11.6 Å². The number of anilines is 3. The van der Waals surface area contributed by atoms with Crippen LogP contribution in [0.5, 0.6) is 0 Å². The highest BCUT2D eigenvalue weighted by atomic mass is 16.2. The number of nitrogens with zero attached hydrogens (tertiary/aromatic N) is 10. The summed E-state index contributed by atoms with van der Waals surface area (Å²) in [5, 5.41) is 13.4. The molecule has 180 valence electrons. The summed E-state index contributed by atoms with van der Waals surface area (Å²) in [5.41, 5.74) is 1.36. The Hall–Kier alpha value is -4.07. The zero-order valence-electron chi connectivity index (χ0n) is 20.5. The number of fused-ring (bicyclic) bond motifs is 1. The molecule has 3 aromatic rings. The molecule has 5 heterocycles. The van der Waals surface area contributed by atoms with Gasteiger partial charge in [0.1, 0.15) is 30.1 Å². The molecule has 0 spiro atoms. The van der Waals surface area contributed by atoms with Crippen molar-refractivity contribution in [2.45, 2.75) is 45.2 Å². The molecule has 2 atom stereocenters. The molecule has 0 saturated carbocycles. The molecule has 0 aliphatic carbocycles. The van der Waals surface area contributed by atoms with E-state index in [0.29, 0.717) is 36.8 Å². The Labute approximate surface area is 204 Å². The lowest BCUT2D eigenvalue weighted by molar-refractivity contribution is 0.0626. The maximum atomic E-state index is 13.1. The van der Waals surface area contributed by atoms with Crippen molar-refractivity contribution in [3.05, 3.63) is 47.9 Å². The van der Waals surface area contributed by atoms with Crippen LogP contribution in [0.1, 0.15) is 49.4 Å². The highest BCUT2D eigenvalue weighted by Crippen LogP contribution is 2.46. The van der Waals surface area contributed by atoms with Crippen molar-refractivity contribution in [2.75, 3.05) is 29.4 Å². The lowest BCUT2D eigenvalue weighted by Gasteiger charge is -2.45. The lowest BCUT2D eigenvalue weighted by Crippen LogP contribution is -2.59. The van der Waals surface area contributed by atoms with E-state index >= 15 is 0 Å². The molecule has 2 aliphatic rings. The molecule has 0 unspecified atom stereocenters. The van der Waals surface area contributed by atoms with Gasteiger partial charge in [-0.2, -0.15) is 10.4 Å². The Balaban J connectivity index is 1.48. The molecular formula is C24H28N10O. The second-order valence-electron chi connectivity index (χ2n) is 9.90. The van der Waals surface area contributed by atoms with Crippen molar-refractivity contribution in [3.63, 3.8) is 0 Å². The number of hydrogen-bond donors (Lipinski definition) is 0. The fourth-order valence-corrected chi connectivity index (χ4v) is 5.09. The van der Waals surface area contributed by atoms with Gasteiger partial charge in [0.2, 0.25) is 5.82 Å². The largest absolute Gasteiger partial charge is 0.350 e. The SMILES string of the molecule is C[C@@H]1CN(c2ncnc3c2C(C)(C)CN3c2cc(C#N)ccn2)[C@@H](C)CN1C(=O)c1ncnn1C. The molecule has 1 saturated heterocycles. The minimum atomic E-state index is -0.245. The molecule has 0 bridgehead atoms. The minimum Gasteiger partial charge on any atom is -0.350 e. The van der Waals surface area contributed by atoms with Gasteiger partial charge in [-0.1, -0.05) is 13.8 Å². The van der Waals surface area contributed by atoms with Gasteiger partial charge in [-0.3, -0.25) is 4.79 Å². The predicted octanol–water partition coefficient (Wildman–Crippen LogP) is 2.04. The molecule has 5 rings (SSSR count). The Morgan fingerprint density at radius 1 is 1.09 bits per heavy atom. The van der Waals surface area contributed by atoms with E-state index in [4.69, 9.17) is 4.98 Å². The summed E-state index contributed by atoms with van der Waals surface area (Å²) >= 11 is 0. The van der Waals surface area contributed by atoms with E-state index in [9.17, 15) is 10.1 Å². The first-order chi connectivity index (χ1) is 16.7. The van der Waals surface area contributed by atoms with E-state index in [1.165, 1.54) is 11.0 Å². The zero-order chi connectivity index (χ0) is 24.9. The van der Waals surface area contributed by atoms with Crippen LogP contribution < -0.4 is 9.80 Å². The number of piperazine rings is 1. The topological polar surface area (TPSA) is 120 Å². The van der Waals surface area contributed by atoms with Crippen LogP contribution in [0, 0.1) is 11.3 Å². The van der Waals surface area contributed by atoms with Crippen molar-refractivity contribution in [1.29, 1.82) is 5.26 Å². The van der Waals surface area contributed by atoms with Crippen molar-refractivity contribution >= 4 is 23.4 Å². The zero-order valence-corrected chi connectivity index (χ0v) is 20.5. The van der Waals surface area contributed by atoms with Crippen molar-refractivity contribution in [3.8, 4) is 6.07 Å². The highest BCUT2D eigenvalue weighted by molar-refractivity contribution is 5.91. The predicted molar refractivity (Wildman–Crippen MR) is 129 cm³/mol. The number of nitriles is 1. The van der Waals surface area contributed by atoms with Gasteiger partial charge in [-0.05, 0) is 26.0 Å². The van der Waals surface area contributed by atoms with Crippen LogP contribution in [0.15, 0.2) is 31.0 Å². The first kappa shape index (κ1) is 22.7. The first-order valence-corrected chi connectivity index (χ1v) is 11.6. The summed E-state index contributed by atoms with van der Waals surface area (Å²) in [6, 6.07) is 5.66. The molecule has 0 radical (unpaired) electrons. The Morgan fingerprint density at radius 3 is 2.57 bits per heavy atom. The third-order valence-electron chi connectivity index (χ3n) is 6.87. The van der Waals surface area contributed by atoms with E-state index in [1.807, 2.05) is 11.8 Å². The molecule has 11 heteroatoms. The van der Waals surface area contributed by atoms with E-state index in [2.05, 4.69) is 56.7 Å². The van der Waals surface area contributed by atoms with E-state index in [1.54, 1.807) is 31.7 Å². The van der Waals surface area contributed by atoms with Crippen LogP contribution in [0.3, 0.4) is 0 Å². The number of carbonyl (C=O) groups is 1. The number of aromatic nitrogens is 6. The number of carbonyl (C=O) groups excluding carboxylic acids is 1. The number of hydrogen-bond acceptors (Lipinski definition) is 9. The number of pyridine rings is 1. The lowest BCUT2D eigenvalue weighted by atomic mass is 9.87. The smallest absolute Gasteiger partial charge is 0.291 e. The van der Waals surface area contributed by atoms with E-state index < -0.39 is 0 Å². The monoisotopic (exact) mass is 472 g/mol. The summed E-state index contributed by atoms with van der Waals surface area (Å²) in [4.78, 5) is 37.4. The molecule has 0 N–H and O–H groups in total. The average molecular weight is 473 g/mol. The molecule has 35 heavy (non-hydrogen) atoms. The van der Waals surface area contributed by atoms with Crippen LogP contribution in [-0.2, 0) is 12.5 Å². The standard InChI is InChI=1S/C24H28N10O/c1-15-11-33(23(35)22-29-14-30-31(22)5)16(2)10-32(15)20-19-21(28-13-27-20)34(12-24(19,3)4)18-8-17(9-25)6-7-26-18/h6-8,13-16H,10-12H2,1-5H3/t15-,16+/m0/s1. The van der Waals surface area contributed by atoms with Crippen molar-refractivity contribution in [1.82, 2.24) is 34.6 Å². The summed E-state index contributed by atoms with van der Waals surface area (Å²) in [7, 11) is 1.73. The Kier molecular flexibility index (Phi) is 5.39. The van der Waals surface area contributed by atoms with Crippen LogP contribution in [-0.4, -0.2) is 72.2 Å². The highest BCUT2D eigenvalue weighted by Gasteiger charge is 2.43. The number of rotatable bonds is 3. The van der Waals surface area contributed by atoms with Gasteiger partial charge < -0.3 is 14.7 Å². The first-order valence-electron chi connectivity index (χ1n) is 11.6. The quantitative estimate of drug-likeness (QED) is 0.564. The minimum absolute atomic E-state index is 0.0345. The number of aryl methyl sites for hydroxylation is 1. The van der Waals surface area contributed by atoms with Crippen LogP contribution in [0.4, 0.5) is 17.5 Å². The average Bonchev–Trinajstić information content (AvgIpc) is 3.40. The third kappa shape index (κ3) is 3.75. The summed E-state index contributed by atoms with van der Waals surface area (Å²) in [6.07, 6.45) is 4.64. The summed E-state index contributed by atoms with van der Waals surface area (Å²) < 4.78 is 1.51. The molecule has 2 aliphatic heterocycles. The molecule has 1 amide bonds. The Bertz CT molecular complexity index is 1330. The van der Waals surface area contributed by atoms with Crippen LogP contribution >= 0.6 is 0 Å². The van der Waals surface area contributed by atoms with Gasteiger partial charge in [0, 0.05) is 55.9 Å². The second-order valence-corrected chi connectivity index (χ2v) is 9.90. The van der Waals surface area contributed by atoms with Gasteiger partial charge in [0.25, 0.3) is 5.91 Å². The molecule has 0 aromatic carbocycles. The number of amides is 1. The summed E-state index contributed by atoms with van der Waals surface area (Å²) in [5.74, 6) is 2.60. The maximum absolute atomic E-state index is 13.1. The van der Waals surface area contributed by atoms with Gasteiger partial charge in [-0.15, -0.1) is 0 Å². The van der Waals surface area contributed by atoms with Gasteiger partial charge in [0.15, 0.2) is 0 Å². The fourth-order valence-electron chi connectivity index (χ4n) is 5.09.